The van der Waals surface area contributed by atoms with E-state index in [2.05, 4.69) is 10.2 Å². The van der Waals surface area contributed by atoms with Gasteiger partial charge in [-0.3, -0.25) is 9.69 Å². The Balaban J connectivity index is 1.52. The summed E-state index contributed by atoms with van der Waals surface area (Å²) >= 11 is 11.9. The first-order valence-electron chi connectivity index (χ1n) is 8.17. The number of carbonyl (C=O) groups excluding carboxylic acids is 1. The Morgan fingerprint density at radius 1 is 1.20 bits per heavy atom. The van der Waals surface area contributed by atoms with E-state index in [9.17, 15) is 10.0 Å². The van der Waals surface area contributed by atoms with Crippen molar-refractivity contribution < 1.29 is 9.52 Å². The van der Waals surface area contributed by atoms with Gasteiger partial charge in [-0.05, 0) is 44.1 Å². The molecule has 3 rings (SSSR count). The van der Waals surface area contributed by atoms with Gasteiger partial charge in [0.1, 0.15) is 0 Å². The van der Waals surface area contributed by atoms with E-state index in [-0.39, 0.29) is 11.8 Å². The molecule has 7 heteroatoms. The quantitative estimate of drug-likeness (QED) is 0.653. The number of rotatable bonds is 4. The topological polar surface area (TPSA) is 59.3 Å². The van der Waals surface area contributed by atoms with E-state index in [1.165, 1.54) is 6.20 Å². The van der Waals surface area contributed by atoms with Gasteiger partial charge in [-0.25, -0.2) is 0 Å². The number of piperidine rings is 1. The normalized spacial score (nSPS) is 15.9. The minimum atomic E-state index is -0.101. The molecular weight excluding hydrogens is 361 g/mol. The highest BCUT2D eigenvalue weighted by Crippen LogP contribution is 2.26. The van der Waals surface area contributed by atoms with Crippen LogP contribution in [0.3, 0.4) is 0 Å². The molecule has 0 saturated carbocycles. The predicted octanol–water partition coefficient (Wildman–Crippen LogP) is 3.44. The molecule has 0 aliphatic carbocycles. The van der Waals surface area contributed by atoms with E-state index in [4.69, 9.17) is 23.2 Å². The van der Waals surface area contributed by atoms with Gasteiger partial charge in [0.15, 0.2) is 11.9 Å². The van der Waals surface area contributed by atoms with Gasteiger partial charge >= 0.3 is 0 Å². The molecule has 1 aromatic heterocycles. The number of amides is 1. The molecule has 1 aliphatic heterocycles. The Hall–Kier alpha value is -1.82. The molecule has 25 heavy (non-hydrogen) atoms. The third-order valence-electron chi connectivity index (χ3n) is 4.37. The number of halogens is 2. The van der Waals surface area contributed by atoms with Crippen molar-refractivity contribution in [3.05, 3.63) is 63.5 Å². The monoisotopic (exact) mass is 379 g/mol. The van der Waals surface area contributed by atoms with Crippen LogP contribution in [-0.4, -0.2) is 30.4 Å². The Bertz CT molecular complexity index is 741. The Kier molecular flexibility index (Phi) is 5.78. The van der Waals surface area contributed by atoms with Crippen LogP contribution >= 0.6 is 23.2 Å². The maximum atomic E-state index is 12.2. The van der Waals surface area contributed by atoms with Crippen LogP contribution in [0.2, 0.25) is 10.0 Å². The second-order valence-electron chi connectivity index (χ2n) is 6.21. The van der Waals surface area contributed by atoms with E-state index in [0.29, 0.717) is 22.3 Å². The van der Waals surface area contributed by atoms with E-state index < -0.39 is 0 Å². The molecule has 1 N–H and O–H groups in total. The zero-order chi connectivity index (χ0) is 17.8. The lowest BCUT2D eigenvalue weighted by Gasteiger charge is -2.30. The first-order chi connectivity index (χ1) is 12.0. The Labute approximate surface area is 156 Å². The number of hydrogen-bond donors (Lipinski definition) is 1. The molecule has 1 aromatic carbocycles. The number of hydrogen-bond acceptors (Lipinski definition) is 3. The summed E-state index contributed by atoms with van der Waals surface area (Å²) in [5.41, 5.74) is 1.40. The molecule has 0 unspecified atom stereocenters. The standard InChI is InChI=1S/C18H19Cl2N3O2/c19-14-9-15(20)11-16(10-14)21-18(24)12-22-7-4-13(5-8-22)17-3-1-2-6-23(17)25/h1-3,6,9-11,13H,4-5,7-8,12H2,(H,21,24). The number of nitrogens with one attached hydrogen (secondary N) is 1. The highest BCUT2D eigenvalue weighted by molar-refractivity contribution is 6.35. The van der Waals surface area contributed by atoms with Gasteiger partial charge in [0.05, 0.1) is 6.54 Å². The summed E-state index contributed by atoms with van der Waals surface area (Å²) in [6.07, 6.45) is 3.26. The van der Waals surface area contributed by atoms with Crippen molar-refractivity contribution in [1.82, 2.24) is 4.90 Å². The number of carbonyl (C=O) groups is 1. The minimum absolute atomic E-state index is 0.101. The summed E-state index contributed by atoms with van der Waals surface area (Å²) in [5.74, 6) is 0.139. The highest BCUT2D eigenvalue weighted by atomic mass is 35.5. The fourth-order valence-corrected chi connectivity index (χ4v) is 3.70. The molecule has 2 aromatic rings. The summed E-state index contributed by atoms with van der Waals surface area (Å²) in [4.78, 5) is 14.3. The van der Waals surface area contributed by atoms with Crippen LogP contribution in [0.5, 0.6) is 0 Å². The van der Waals surface area contributed by atoms with Gasteiger partial charge in [0.2, 0.25) is 5.91 Å². The first kappa shape index (κ1) is 18.0. The lowest BCUT2D eigenvalue weighted by molar-refractivity contribution is -0.616. The van der Waals surface area contributed by atoms with Crippen LogP contribution < -0.4 is 10.0 Å². The lowest BCUT2D eigenvalue weighted by Crippen LogP contribution is -2.41. The molecule has 0 atom stereocenters. The second kappa shape index (κ2) is 8.04. The first-order valence-corrected chi connectivity index (χ1v) is 8.93. The molecular formula is C18H19Cl2N3O2. The van der Waals surface area contributed by atoms with E-state index in [1.54, 1.807) is 24.3 Å². The summed E-state index contributed by atoms with van der Waals surface area (Å²) in [5, 5.41) is 15.6. The van der Waals surface area contributed by atoms with E-state index >= 15 is 0 Å². The second-order valence-corrected chi connectivity index (χ2v) is 7.08. The van der Waals surface area contributed by atoms with Crippen LogP contribution in [0.4, 0.5) is 5.69 Å². The van der Waals surface area contributed by atoms with Gasteiger partial charge in [-0.15, -0.1) is 0 Å². The molecule has 0 spiro atoms. The fraction of sp³-hybridized carbons (Fsp3) is 0.333. The van der Waals surface area contributed by atoms with Crippen molar-refractivity contribution in [1.29, 1.82) is 0 Å². The SMILES string of the molecule is O=C(CN1CCC(c2cccc[n+]2[O-])CC1)Nc1cc(Cl)cc(Cl)c1. The molecule has 0 bridgehead atoms. The van der Waals surface area contributed by atoms with Crippen LogP contribution in [0.25, 0.3) is 0 Å². The van der Waals surface area contributed by atoms with Crippen molar-refractivity contribution in [2.45, 2.75) is 18.8 Å². The summed E-state index contributed by atoms with van der Waals surface area (Å²) in [7, 11) is 0. The maximum absolute atomic E-state index is 12.2. The molecule has 132 valence electrons. The molecule has 1 saturated heterocycles. The molecule has 2 heterocycles. The number of pyridine rings is 1. The average Bonchev–Trinajstić information content (AvgIpc) is 2.55. The van der Waals surface area contributed by atoms with Crippen LogP contribution in [0, 0.1) is 5.21 Å². The van der Waals surface area contributed by atoms with Crippen molar-refractivity contribution in [2.75, 3.05) is 25.0 Å². The van der Waals surface area contributed by atoms with Crippen molar-refractivity contribution in [2.24, 2.45) is 0 Å². The summed E-state index contributed by atoms with van der Waals surface area (Å²) in [6, 6.07) is 10.5. The smallest absolute Gasteiger partial charge is 0.238 e. The summed E-state index contributed by atoms with van der Waals surface area (Å²) in [6.45, 7) is 1.87. The third kappa shape index (κ3) is 4.84. The molecule has 1 amide bonds. The van der Waals surface area contributed by atoms with E-state index in [1.807, 2.05) is 12.1 Å². The molecule has 1 fully saturated rings. The molecule has 5 nitrogen and oxygen atoms in total. The molecule has 0 radical (unpaired) electrons. The van der Waals surface area contributed by atoms with Crippen molar-refractivity contribution in [3.8, 4) is 0 Å². The number of benzene rings is 1. The zero-order valence-corrected chi connectivity index (χ0v) is 15.1. The van der Waals surface area contributed by atoms with E-state index in [0.717, 1.165) is 36.4 Å². The summed E-state index contributed by atoms with van der Waals surface area (Å²) < 4.78 is 0.940. The van der Waals surface area contributed by atoms with Gasteiger partial charge in [-0.2, -0.15) is 4.73 Å². The fourth-order valence-electron chi connectivity index (χ4n) is 3.17. The van der Waals surface area contributed by atoms with Gasteiger partial charge in [0.25, 0.3) is 0 Å². The number of aromatic nitrogens is 1. The van der Waals surface area contributed by atoms with Crippen LogP contribution in [0.15, 0.2) is 42.6 Å². The minimum Gasteiger partial charge on any atom is -0.618 e. The van der Waals surface area contributed by atoms with Gasteiger partial charge in [-0.1, -0.05) is 29.3 Å². The number of anilines is 1. The molecule has 1 aliphatic rings. The number of nitrogens with zero attached hydrogens (tertiary/aromatic N) is 2. The largest absolute Gasteiger partial charge is 0.618 e. The Morgan fingerprint density at radius 2 is 1.88 bits per heavy atom. The predicted molar refractivity (Wildman–Crippen MR) is 98.9 cm³/mol. The average molecular weight is 380 g/mol. The maximum Gasteiger partial charge on any atom is 0.238 e. The Morgan fingerprint density at radius 3 is 2.52 bits per heavy atom. The van der Waals surface area contributed by atoms with Crippen LogP contribution in [-0.2, 0) is 4.79 Å². The van der Waals surface area contributed by atoms with Crippen molar-refractivity contribution >= 4 is 34.8 Å². The van der Waals surface area contributed by atoms with Gasteiger partial charge in [0, 0.05) is 33.8 Å². The van der Waals surface area contributed by atoms with Crippen LogP contribution in [0.1, 0.15) is 24.5 Å². The number of likely N-dealkylation sites (tertiary alicyclic amines) is 1. The third-order valence-corrected chi connectivity index (χ3v) is 4.81. The lowest BCUT2D eigenvalue weighted by atomic mass is 9.93. The van der Waals surface area contributed by atoms with Crippen molar-refractivity contribution in [3.63, 3.8) is 0 Å². The zero-order valence-electron chi connectivity index (χ0n) is 13.6. The van der Waals surface area contributed by atoms with Gasteiger partial charge < -0.3 is 10.5 Å². The highest BCUT2D eigenvalue weighted by Gasteiger charge is 2.26.